The van der Waals surface area contributed by atoms with Crippen LogP contribution in [-0.2, 0) is 4.74 Å². The lowest BCUT2D eigenvalue weighted by Gasteiger charge is -2.29. The van der Waals surface area contributed by atoms with E-state index in [1.54, 1.807) is 0 Å². The molecule has 0 saturated carbocycles. The number of anilines is 2. The van der Waals surface area contributed by atoms with Gasteiger partial charge in [0.2, 0.25) is 0 Å². The zero-order valence-corrected chi connectivity index (χ0v) is 10.6. The average molecular weight is 235 g/mol. The summed E-state index contributed by atoms with van der Waals surface area (Å²) in [5.41, 5.74) is 1.13. The van der Waals surface area contributed by atoms with Crippen molar-refractivity contribution in [2.75, 3.05) is 30.9 Å². The predicted octanol–water partition coefficient (Wildman–Crippen LogP) is 2.35. The molecule has 1 unspecified atom stereocenters. The van der Waals surface area contributed by atoms with Crippen molar-refractivity contribution < 1.29 is 4.74 Å². The molecular formula is C13H21N3O. The largest absolute Gasteiger partial charge is 0.382 e. The van der Waals surface area contributed by atoms with Gasteiger partial charge in [-0.2, -0.15) is 0 Å². The molecule has 4 heteroatoms. The van der Waals surface area contributed by atoms with Gasteiger partial charge in [0.25, 0.3) is 0 Å². The van der Waals surface area contributed by atoms with Gasteiger partial charge in [-0.05, 0) is 31.7 Å². The molecule has 0 spiro atoms. The second-order valence-corrected chi connectivity index (χ2v) is 4.56. The van der Waals surface area contributed by atoms with E-state index in [0.717, 1.165) is 37.6 Å². The first-order valence-corrected chi connectivity index (χ1v) is 6.27. The van der Waals surface area contributed by atoms with Crippen molar-refractivity contribution in [3.05, 3.63) is 18.3 Å². The SMILES string of the molecule is CNc1cc(NC(C)C2CCOCC2)ccn1. The second-order valence-electron chi connectivity index (χ2n) is 4.56. The Kier molecular flexibility index (Phi) is 4.20. The zero-order chi connectivity index (χ0) is 12.1. The zero-order valence-electron chi connectivity index (χ0n) is 10.6. The summed E-state index contributed by atoms with van der Waals surface area (Å²) in [7, 11) is 1.88. The number of ether oxygens (including phenoxy) is 1. The normalized spacial score (nSPS) is 18.7. The molecule has 0 aromatic carbocycles. The Balaban J connectivity index is 1.94. The maximum absolute atomic E-state index is 5.39. The molecule has 0 bridgehead atoms. The molecule has 2 N–H and O–H groups in total. The van der Waals surface area contributed by atoms with E-state index in [1.165, 1.54) is 0 Å². The Morgan fingerprint density at radius 2 is 2.18 bits per heavy atom. The first kappa shape index (κ1) is 12.2. The van der Waals surface area contributed by atoms with Crippen LogP contribution in [0.25, 0.3) is 0 Å². The molecule has 17 heavy (non-hydrogen) atoms. The fourth-order valence-electron chi connectivity index (χ4n) is 2.25. The summed E-state index contributed by atoms with van der Waals surface area (Å²) < 4.78 is 5.39. The lowest BCUT2D eigenvalue weighted by atomic mass is 9.93. The third-order valence-electron chi connectivity index (χ3n) is 3.38. The predicted molar refractivity (Wildman–Crippen MR) is 70.4 cm³/mol. The summed E-state index contributed by atoms with van der Waals surface area (Å²) in [5.74, 6) is 1.60. The standard InChI is InChI=1S/C13H21N3O/c1-10(11-4-7-17-8-5-11)16-12-3-6-15-13(9-12)14-2/h3,6,9-11H,4-5,7-8H2,1-2H3,(H2,14,15,16). The van der Waals surface area contributed by atoms with Gasteiger partial charge in [-0.15, -0.1) is 0 Å². The van der Waals surface area contributed by atoms with E-state index in [4.69, 9.17) is 4.74 Å². The van der Waals surface area contributed by atoms with Crippen LogP contribution >= 0.6 is 0 Å². The molecule has 1 aromatic heterocycles. The minimum absolute atomic E-state index is 0.478. The number of hydrogen-bond donors (Lipinski definition) is 2. The van der Waals surface area contributed by atoms with Crippen molar-refractivity contribution >= 4 is 11.5 Å². The molecule has 1 aliphatic rings. The monoisotopic (exact) mass is 235 g/mol. The van der Waals surface area contributed by atoms with Crippen LogP contribution in [0, 0.1) is 5.92 Å². The van der Waals surface area contributed by atoms with E-state index in [9.17, 15) is 0 Å². The third kappa shape index (κ3) is 3.33. The molecule has 0 radical (unpaired) electrons. The Labute approximate surface area is 103 Å². The van der Waals surface area contributed by atoms with Crippen LogP contribution in [0.2, 0.25) is 0 Å². The molecule has 1 saturated heterocycles. The lowest BCUT2D eigenvalue weighted by Crippen LogP contribution is -2.30. The fourth-order valence-corrected chi connectivity index (χ4v) is 2.25. The first-order valence-electron chi connectivity index (χ1n) is 6.27. The maximum atomic E-state index is 5.39. The number of pyridine rings is 1. The number of rotatable bonds is 4. The van der Waals surface area contributed by atoms with E-state index < -0.39 is 0 Å². The fraction of sp³-hybridized carbons (Fsp3) is 0.615. The molecule has 4 nitrogen and oxygen atoms in total. The van der Waals surface area contributed by atoms with Crippen LogP contribution in [0.3, 0.4) is 0 Å². The highest BCUT2D eigenvalue weighted by Gasteiger charge is 2.20. The summed E-state index contributed by atoms with van der Waals surface area (Å²) in [5, 5.41) is 6.60. The van der Waals surface area contributed by atoms with Gasteiger partial charge in [0.15, 0.2) is 0 Å². The molecule has 0 aliphatic carbocycles. The van der Waals surface area contributed by atoms with Crippen molar-refractivity contribution in [1.29, 1.82) is 0 Å². The second kappa shape index (κ2) is 5.87. The third-order valence-corrected chi connectivity index (χ3v) is 3.38. The number of aromatic nitrogens is 1. The smallest absolute Gasteiger partial charge is 0.127 e. The Morgan fingerprint density at radius 1 is 1.41 bits per heavy atom. The minimum Gasteiger partial charge on any atom is -0.382 e. The Bertz CT molecular complexity index is 350. The number of hydrogen-bond acceptors (Lipinski definition) is 4. The van der Waals surface area contributed by atoms with Gasteiger partial charge in [-0.3, -0.25) is 0 Å². The molecule has 94 valence electrons. The van der Waals surface area contributed by atoms with E-state index in [2.05, 4.69) is 22.5 Å². The summed E-state index contributed by atoms with van der Waals surface area (Å²) in [6.45, 7) is 4.04. The van der Waals surface area contributed by atoms with Crippen LogP contribution < -0.4 is 10.6 Å². The molecule has 2 rings (SSSR count). The van der Waals surface area contributed by atoms with Gasteiger partial charge in [0.1, 0.15) is 5.82 Å². The van der Waals surface area contributed by atoms with Crippen LogP contribution in [0.1, 0.15) is 19.8 Å². The quantitative estimate of drug-likeness (QED) is 0.841. The molecule has 1 aliphatic heterocycles. The molecular weight excluding hydrogens is 214 g/mol. The minimum atomic E-state index is 0.478. The van der Waals surface area contributed by atoms with Crippen LogP contribution in [0.15, 0.2) is 18.3 Å². The van der Waals surface area contributed by atoms with Crippen molar-refractivity contribution in [3.63, 3.8) is 0 Å². The van der Waals surface area contributed by atoms with Crippen LogP contribution in [-0.4, -0.2) is 31.3 Å². The van der Waals surface area contributed by atoms with Crippen molar-refractivity contribution in [2.45, 2.75) is 25.8 Å². The van der Waals surface area contributed by atoms with E-state index in [0.29, 0.717) is 12.0 Å². The molecule has 1 atom stereocenters. The number of nitrogens with one attached hydrogen (secondary N) is 2. The van der Waals surface area contributed by atoms with Crippen LogP contribution in [0.4, 0.5) is 11.5 Å². The number of nitrogens with zero attached hydrogens (tertiary/aromatic N) is 1. The van der Waals surface area contributed by atoms with Gasteiger partial charge in [-0.25, -0.2) is 4.98 Å². The summed E-state index contributed by atoms with van der Waals surface area (Å²) in [4.78, 5) is 4.21. The molecule has 1 aromatic rings. The van der Waals surface area contributed by atoms with E-state index in [1.807, 2.05) is 25.4 Å². The summed E-state index contributed by atoms with van der Waals surface area (Å²) >= 11 is 0. The Morgan fingerprint density at radius 3 is 2.88 bits per heavy atom. The molecule has 0 amide bonds. The molecule has 1 fully saturated rings. The van der Waals surface area contributed by atoms with Crippen molar-refractivity contribution in [1.82, 2.24) is 4.98 Å². The average Bonchev–Trinajstić information content (AvgIpc) is 2.40. The van der Waals surface area contributed by atoms with Gasteiger partial charge in [-0.1, -0.05) is 0 Å². The lowest BCUT2D eigenvalue weighted by molar-refractivity contribution is 0.0622. The van der Waals surface area contributed by atoms with Gasteiger partial charge < -0.3 is 15.4 Å². The van der Waals surface area contributed by atoms with Gasteiger partial charge >= 0.3 is 0 Å². The highest BCUT2D eigenvalue weighted by atomic mass is 16.5. The van der Waals surface area contributed by atoms with E-state index in [-0.39, 0.29) is 0 Å². The van der Waals surface area contributed by atoms with Crippen LogP contribution in [0.5, 0.6) is 0 Å². The topological polar surface area (TPSA) is 46.2 Å². The Hall–Kier alpha value is -1.29. The first-order chi connectivity index (χ1) is 8.29. The summed E-state index contributed by atoms with van der Waals surface area (Å²) in [6.07, 6.45) is 4.13. The van der Waals surface area contributed by atoms with Gasteiger partial charge in [0.05, 0.1) is 0 Å². The highest BCUT2D eigenvalue weighted by Crippen LogP contribution is 2.22. The van der Waals surface area contributed by atoms with Gasteiger partial charge in [0, 0.05) is 44.3 Å². The molecule has 2 heterocycles. The summed E-state index contributed by atoms with van der Waals surface area (Å²) in [6, 6.07) is 4.53. The van der Waals surface area contributed by atoms with Crippen molar-refractivity contribution in [3.8, 4) is 0 Å². The maximum Gasteiger partial charge on any atom is 0.127 e. The highest BCUT2D eigenvalue weighted by molar-refractivity contribution is 5.52. The van der Waals surface area contributed by atoms with E-state index >= 15 is 0 Å². The van der Waals surface area contributed by atoms with Crippen molar-refractivity contribution in [2.24, 2.45) is 5.92 Å².